The van der Waals surface area contributed by atoms with Gasteiger partial charge in [-0.2, -0.15) is 4.98 Å². The van der Waals surface area contributed by atoms with Crippen LogP contribution in [0.2, 0.25) is 0 Å². The lowest BCUT2D eigenvalue weighted by Gasteiger charge is -2.18. The summed E-state index contributed by atoms with van der Waals surface area (Å²) in [5.41, 5.74) is 1.03. The number of aromatic nitrogens is 2. The van der Waals surface area contributed by atoms with E-state index in [1.807, 2.05) is 13.0 Å². The van der Waals surface area contributed by atoms with Crippen molar-refractivity contribution in [3.8, 4) is 11.6 Å². The summed E-state index contributed by atoms with van der Waals surface area (Å²) >= 11 is 0. The summed E-state index contributed by atoms with van der Waals surface area (Å²) in [6.45, 7) is 3.96. The first-order valence-electron chi connectivity index (χ1n) is 5.93. The van der Waals surface area contributed by atoms with Gasteiger partial charge < -0.3 is 14.3 Å². The molecular weight excluding hydrogens is 218 g/mol. The van der Waals surface area contributed by atoms with Gasteiger partial charge in [0.15, 0.2) is 5.76 Å². The van der Waals surface area contributed by atoms with Gasteiger partial charge in [0, 0.05) is 6.54 Å². The molecule has 0 radical (unpaired) electrons. The second-order valence-electron chi connectivity index (χ2n) is 4.43. The van der Waals surface area contributed by atoms with Crippen LogP contribution < -0.4 is 5.32 Å². The number of rotatable bonds is 2. The molecule has 0 saturated carbocycles. The Hall–Kier alpha value is -1.62. The van der Waals surface area contributed by atoms with Gasteiger partial charge in [-0.1, -0.05) is 5.16 Å². The Morgan fingerprint density at radius 1 is 1.47 bits per heavy atom. The molecule has 0 aliphatic carbocycles. The SMILES string of the molecule is Cc1ccoc1-c1noc(C2CCCNC2)n1. The van der Waals surface area contributed by atoms with Crippen LogP contribution in [0.25, 0.3) is 11.6 Å². The molecule has 3 rings (SSSR count). The van der Waals surface area contributed by atoms with Crippen LogP contribution in [0.1, 0.15) is 30.2 Å². The van der Waals surface area contributed by atoms with Crippen LogP contribution in [0.15, 0.2) is 21.3 Å². The lowest BCUT2D eigenvalue weighted by atomic mass is 10.00. The number of hydrogen-bond donors (Lipinski definition) is 1. The molecule has 3 heterocycles. The summed E-state index contributed by atoms with van der Waals surface area (Å²) in [6, 6.07) is 1.90. The summed E-state index contributed by atoms with van der Waals surface area (Å²) in [5, 5.41) is 7.32. The molecule has 1 aliphatic heterocycles. The Labute approximate surface area is 99.2 Å². The number of nitrogens with zero attached hydrogens (tertiary/aromatic N) is 2. The van der Waals surface area contributed by atoms with Gasteiger partial charge in [-0.05, 0) is 37.9 Å². The van der Waals surface area contributed by atoms with Crippen molar-refractivity contribution in [1.29, 1.82) is 0 Å². The van der Waals surface area contributed by atoms with Crippen LogP contribution in [-0.4, -0.2) is 23.2 Å². The minimum absolute atomic E-state index is 0.334. The predicted octanol–water partition coefficient (Wildman–Crippen LogP) is 2.11. The zero-order valence-corrected chi connectivity index (χ0v) is 9.77. The zero-order chi connectivity index (χ0) is 11.7. The van der Waals surface area contributed by atoms with Gasteiger partial charge in [-0.15, -0.1) is 0 Å². The van der Waals surface area contributed by atoms with E-state index in [9.17, 15) is 0 Å². The summed E-state index contributed by atoms with van der Waals surface area (Å²) in [4.78, 5) is 4.43. The number of aryl methyl sites for hydroxylation is 1. The maximum absolute atomic E-state index is 5.35. The Kier molecular flexibility index (Phi) is 2.68. The number of nitrogens with one attached hydrogen (secondary N) is 1. The molecule has 2 aromatic rings. The summed E-state index contributed by atoms with van der Waals surface area (Å²) < 4.78 is 10.7. The quantitative estimate of drug-likeness (QED) is 0.860. The van der Waals surface area contributed by atoms with Gasteiger partial charge in [-0.3, -0.25) is 0 Å². The predicted molar refractivity (Wildman–Crippen MR) is 61.6 cm³/mol. The fourth-order valence-electron chi connectivity index (χ4n) is 2.16. The fraction of sp³-hybridized carbons (Fsp3) is 0.500. The van der Waals surface area contributed by atoms with E-state index in [-0.39, 0.29) is 0 Å². The van der Waals surface area contributed by atoms with Crippen LogP contribution in [0.5, 0.6) is 0 Å². The molecule has 1 saturated heterocycles. The molecule has 1 unspecified atom stereocenters. The maximum atomic E-state index is 5.35. The Bertz CT molecular complexity index is 497. The van der Waals surface area contributed by atoms with E-state index in [4.69, 9.17) is 8.94 Å². The molecule has 90 valence electrons. The van der Waals surface area contributed by atoms with E-state index in [0.29, 0.717) is 23.4 Å². The summed E-state index contributed by atoms with van der Waals surface area (Å²) in [7, 11) is 0. The van der Waals surface area contributed by atoms with Gasteiger partial charge in [0.2, 0.25) is 11.7 Å². The largest absolute Gasteiger partial charge is 0.461 e. The van der Waals surface area contributed by atoms with E-state index in [1.165, 1.54) is 0 Å². The Morgan fingerprint density at radius 3 is 3.12 bits per heavy atom. The first-order chi connectivity index (χ1) is 8.34. The average Bonchev–Trinajstić information content (AvgIpc) is 2.98. The van der Waals surface area contributed by atoms with Gasteiger partial charge in [0.1, 0.15) is 0 Å². The third-order valence-corrected chi connectivity index (χ3v) is 3.15. The number of furan rings is 1. The minimum Gasteiger partial charge on any atom is -0.461 e. The fourth-order valence-corrected chi connectivity index (χ4v) is 2.16. The first kappa shape index (κ1) is 10.5. The van der Waals surface area contributed by atoms with Crippen molar-refractivity contribution in [2.75, 3.05) is 13.1 Å². The highest BCUT2D eigenvalue weighted by molar-refractivity contribution is 5.51. The van der Waals surface area contributed by atoms with Gasteiger partial charge in [0.05, 0.1) is 12.2 Å². The molecule has 1 atom stereocenters. The van der Waals surface area contributed by atoms with Gasteiger partial charge in [-0.25, -0.2) is 0 Å². The van der Waals surface area contributed by atoms with E-state index in [0.717, 1.165) is 31.5 Å². The second kappa shape index (κ2) is 4.33. The molecule has 5 nitrogen and oxygen atoms in total. The van der Waals surface area contributed by atoms with Crippen LogP contribution in [0.3, 0.4) is 0 Å². The molecule has 2 aromatic heterocycles. The first-order valence-corrected chi connectivity index (χ1v) is 5.93. The lowest BCUT2D eigenvalue weighted by Crippen LogP contribution is -2.28. The summed E-state index contributed by atoms with van der Waals surface area (Å²) in [5.74, 6) is 2.29. The zero-order valence-electron chi connectivity index (χ0n) is 9.77. The molecule has 0 spiro atoms. The van der Waals surface area contributed by atoms with Crippen molar-refractivity contribution in [3.05, 3.63) is 23.8 Å². The molecule has 1 fully saturated rings. The van der Waals surface area contributed by atoms with Crippen molar-refractivity contribution in [1.82, 2.24) is 15.5 Å². The molecule has 0 amide bonds. The van der Waals surface area contributed by atoms with Crippen molar-refractivity contribution in [2.45, 2.75) is 25.7 Å². The standard InChI is InChI=1S/C12H15N3O2/c1-8-4-6-16-10(8)11-14-12(17-15-11)9-3-2-5-13-7-9/h4,6,9,13H,2-3,5,7H2,1H3. The van der Waals surface area contributed by atoms with Crippen LogP contribution in [0.4, 0.5) is 0 Å². The molecule has 1 aliphatic rings. The molecule has 17 heavy (non-hydrogen) atoms. The van der Waals surface area contributed by atoms with E-state index < -0.39 is 0 Å². The van der Waals surface area contributed by atoms with Gasteiger partial charge >= 0.3 is 0 Å². The third kappa shape index (κ3) is 1.98. The van der Waals surface area contributed by atoms with E-state index >= 15 is 0 Å². The minimum atomic E-state index is 0.334. The smallest absolute Gasteiger partial charge is 0.238 e. The molecule has 1 N–H and O–H groups in total. The van der Waals surface area contributed by atoms with Crippen LogP contribution in [-0.2, 0) is 0 Å². The topological polar surface area (TPSA) is 64.1 Å². The van der Waals surface area contributed by atoms with Crippen molar-refractivity contribution in [2.24, 2.45) is 0 Å². The highest BCUT2D eigenvalue weighted by Gasteiger charge is 2.22. The Morgan fingerprint density at radius 2 is 2.41 bits per heavy atom. The van der Waals surface area contributed by atoms with Crippen molar-refractivity contribution < 1.29 is 8.94 Å². The van der Waals surface area contributed by atoms with Crippen molar-refractivity contribution >= 4 is 0 Å². The lowest BCUT2D eigenvalue weighted by molar-refractivity contribution is 0.322. The van der Waals surface area contributed by atoms with Crippen LogP contribution in [0, 0.1) is 6.92 Å². The van der Waals surface area contributed by atoms with E-state index in [2.05, 4.69) is 15.5 Å². The van der Waals surface area contributed by atoms with Crippen molar-refractivity contribution in [3.63, 3.8) is 0 Å². The third-order valence-electron chi connectivity index (χ3n) is 3.15. The Balaban J connectivity index is 1.85. The molecule has 0 aromatic carbocycles. The molecule has 0 bridgehead atoms. The highest BCUT2D eigenvalue weighted by Crippen LogP contribution is 2.26. The normalized spacial score (nSPS) is 20.6. The highest BCUT2D eigenvalue weighted by atomic mass is 16.5. The average molecular weight is 233 g/mol. The number of hydrogen-bond acceptors (Lipinski definition) is 5. The van der Waals surface area contributed by atoms with Gasteiger partial charge in [0.25, 0.3) is 0 Å². The molecule has 5 heteroatoms. The second-order valence-corrected chi connectivity index (χ2v) is 4.43. The maximum Gasteiger partial charge on any atom is 0.238 e. The van der Waals surface area contributed by atoms with E-state index in [1.54, 1.807) is 6.26 Å². The monoisotopic (exact) mass is 233 g/mol. The summed E-state index contributed by atoms with van der Waals surface area (Å²) in [6.07, 6.45) is 3.90. The molecular formula is C12H15N3O2. The van der Waals surface area contributed by atoms with Crippen LogP contribution >= 0.6 is 0 Å². The number of piperidine rings is 1.